The average Bonchev–Trinajstić information content (AvgIpc) is 1.94. The quantitative estimate of drug-likeness (QED) is 0.458. The normalized spacial score (nSPS) is 32.0. The first kappa shape index (κ1) is 8.70. The molecule has 0 amide bonds. The second-order valence-electron chi connectivity index (χ2n) is 2.78. The first-order valence-corrected chi connectivity index (χ1v) is 4.66. The SMILES string of the molecule is NC1CCCC(=S(=O)=O)C1N. The average molecular weight is 176 g/mol. The minimum absolute atomic E-state index is 0.184. The molecule has 1 aliphatic carbocycles. The summed E-state index contributed by atoms with van der Waals surface area (Å²) in [6.45, 7) is 0. The van der Waals surface area contributed by atoms with Crippen LogP contribution in [0.2, 0.25) is 0 Å². The van der Waals surface area contributed by atoms with Gasteiger partial charge < -0.3 is 11.5 Å². The molecule has 0 bridgehead atoms. The van der Waals surface area contributed by atoms with Gasteiger partial charge in [-0.05, 0) is 19.3 Å². The molecule has 5 heteroatoms. The van der Waals surface area contributed by atoms with Crippen LogP contribution in [0.3, 0.4) is 0 Å². The molecule has 0 aliphatic heterocycles. The summed E-state index contributed by atoms with van der Waals surface area (Å²) in [6.07, 6.45) is 2.23. The fourth-order valence-electron chi connectivity index (χ4n) is 1.29. The number of hydrogen-bond acceptors (Lipinski definition) is 4. The fourth-order valence-corrected chi connectivity index (χ4v) is 2.00. The molecule has 1 saturated carbocycles. The molecule has 1 aliphatic rings. The van der Waals surface area contributed by atoms with E-state index in [2.05, 4.69) is 0 Å². The van der Waals surface area contributed by atoms with Crippen molar-refractivity contribution in [1.29, 1.82) is 0 Å². The van der Waals surface area contributed by atoms with E-state index < -0.39 is 16.3 Å². The van der Waals surface area contributed by atoms with Crippen molar-refractivity contribution in [1.82, 2.24) is 0 Å². The molecule has 11 heavy (non-hydrogen) atoms. The highest BCUT2D eigenvalue weighted by Crippen LogP contribution is 2.12. The Hall–Kier alpha value is -0.390. The van der Waals surface area contributed by atoms with E-state index in [4.69, 9.17) is 11.5 Å². The summed E-state index contributed by atoms with van der Waals surface area (Å²) in [5.41, 5.74) is 11.2. The lowest BCUT2D eigenvalue weighted by molar-refractivity contribution is 0.522. The largest absolute Gasteiger partial charge is 0.326 e. The molecule has 4 N–H and O–H groups in total. The van der Waals surface area contributed by atoms with Gasteiger partial charge in [0.1, 0.15) is 0 Å². The molecule has 0 heterocycles. The van der Waals surface area contributed by atoms with E-state index in [1.54, 1.807) is 0 Å². The lowest BCUT2D eigenvalue weighted by Crippen LogP contribution is -2.49. The zero-order chi connectivity index (χ0) is 8.43. The molecule has 0 aromatic heterocycles. The molecule has 0 spiro atoms. The standard InChI is InChI=1S/C6H12N2O2S/c7-4-2-1-3-5(6(4)8)11(9)10/h4,6H,1-3,7-8H2. The van der Waals surface area contributed by atoms with Gasteiger partial charge in [-0.25, -0.2) is 0 Å². The molecule has 0 aromatic carbocycles. The molecule has 0 saturated heterocycles. The van der Waals surface area contributed by atoms with Gasteiger partial charge in [-0.3, -0.25) is 0 Å². The van der Waals surface area contributed by atoms with Crippen molar-refractivity contribution in [2.45, 2.75) is 31.3 Å². The van der Waals surface area contributed by atoms with Crippen LogP contribution in [0.15, 0.2) is 0 Å². The van der Waals surface area contributed by atoms with Crippen molar-refractivity contribution >= 4 is 15.2 Å². The number of rotatable bonds is 0. The summed E-state index contributed by atoms with van der Waals surface area (Å²) in [5, 5.41) is 0. The summed E-state index contributed by atoms with van der Waals surface area (Å²) < 4.78 is 21.1. The Labute approximate surface area is 67.1 Å². The van der Waals surface area contributed by atoms with E-state index in [0.29, 0.717) is 11.3 Å². The van der Waals surface area contributed by atoms with Crippen molar-refractivity contribution < 1.29 is 8.42 Å². The van der Waals surface area contributed by atoms with Gasteiger partial charge in [-0.15, -0.1) is 0 Å². The summed E-state index contributed by atoms with van der Waals surface area (Å²) in [6, 6.07) is -0.640. The first-order valence-electron chi connectivity index (χ1n) is 3.59. The Balaban J connectivity index is 2.92. The Bertz CT molecular complexity index is 262. The van der Waals surface area contributed by atoms with Crippen LogP contribution in [-0.2, 0) is 10.3 Å². The Kier molecular flexibility index (Phi) is 2.64. The highest BCUT2D eigenvalue weighted by molar-refractivity contribution is 7.73. The number of nitrogens with two attached hydrogens (primary N) is 2. The Morgan fingerprint density at radius 2 is 2.00 bits per heavy atom. The minimum atomic E-state index is -2.14. The number of hydrogen-bond donors (Lipinski definition) is 2. The fraction of sp³-hybridized carbons (Fsp3) is 0.833. The van der Waals surface area contributed by atoms with Gasteiger partial charge in [0.05, 0.1) is 10.9 Å². The van der Waals surface area contributed by atoms with Gasteiger partial charge in [0, 0.05) is 6.04 Å². The molecule has 1 fully saturated rings. The maximum Gasteiger partial charge on any atom is 0.214 e. The molecule has 0 aromatic rings. The predicted molar refractivity (Wildman–Crippen MR) is 43.7 cm³/mol. The molecule has 64 valence electrons. The van der Waals surface area contributed by atoms with Gasteiger partial charge in [-0.1, -0.05) is 0 Å². The Morgan fingerprint density at radius 1 is 1.36 bits per heavy atom. The molecular weight excluding hydrogens is 164 g/mol. The van der Waals surface area contributed by atoms with E-state index in [-0.39, 0.29) is 6.04 Å². The van der Waals surface area contributed by atoms with Crippen LogP contribution in [0.5, 0.6) is 0 Å². The van der Waals surface area contributed by atoms with E-state index in [1.165, 1.54) is 0 Å². The van der Waals surface area contributed by atoms with E-state index >= 15 is 0 Å². The van der Waals surface area contributed by atoms with Gasteiger partial charge in [0.2, 0.25) is 10.3 Å². The van der Waals surface area contributed by atoms with Crippen LogP contribution >= 0.6 is 0 Å². The van der Waals surface area contributed by atoms with Crippen molar-refractivity contribution in [3.05, 3.63) is 0 Å². The van der Waals surface area contributed by atoms with Gasteiger partial charge in [0.15, 0.2) is 0 Å². The predicted octanol–water partition coefficient (Wildman–Crippen LogP) is -1.12. The van der Waals surface area contributed by atoms with E-state index in [0.717, 1.165) is 12.8 Å². The van der Waals surface area contributed by atoms with Crippen LogP contribution in [0.25, 0.3) is 0 Å². The van der Waals surface area contributed by atoms with Gasteiger partial charge in [0.25, 0.3) is 0 Å². The van der Waals surface area contributed by atoms with E-state index in [1.807, 2.05) is 0 Å². The summed E-state index contributed by atoms with van der Waals surface area (Å²) in [4.78, 5) is 0.378. The zero-order valence-corrected chi connectivity index (χ0v) is 6.97. The lowest BCUT2D eigenvalue weighted by Gasteiger charge is -2.24. The molecule has 0 radical (unpaired) electrons. The second-order valence-corrected chi connectivity index (χ2v) is 3.78. The summed E-state index contributed by atoms with van der Waals surface area (Å²) in [5.74, 6) is 0. The van der Waals surface area contributed by atoms with Crippen molar-refractivity contribution in [3.63, 3.8) is 0 Å². The van der Waals surface area contributed by atoms with Crippen LogP contribution in [0.4, 0.5) is 0 Å². The summed E-state index contributed by atoms with van der Waals surface area (Å²) in [7, 11) is -2.14. The van der Waals surface area contributed by atoms with Gasteiger partial charge in [-0.2, -0.15) is 8.42 Å². The summed E-state index contributed by atoms with van der Waals surface area (Å²) >= 11 is 0. The van der Waals surface area contributed by atoms with Crippen LogP contribution in [-0.4, -0.2) is 25.4 Å². The molecule has 1 rings (SSSR count). The van der Waals surface area contributed by atoms with Crippen LogP contribution in [0, 0.1) is 0 Å². The third-order valence-electron chi connectivity index (χ3n) is 2.01. The van der Waals surface area contributed by atoms with E-state index in [9.17, 15) is 8.42 Å². The molecule has 4 nitrogen and oxygen atoms in total. The van der Waals surface area contributed by atoms with Gasteiger partial charge >= 0.3 is 0 Å². The topological polar surface area (TPSA) is 86.2 Å². The molecule has 2 atom stereocenters. The maximum atomic E-state index is 10.5. The first-order chi connectivity index (χ1) is 5.13. The lowest BCUT2D eigenvalue weighted by atomic mass is 9.92. The second kappa shape index (κ2) is 3.34. The Morgan fingerprint density at radius 3 is 2.45 bits per heavy atom. The van der Waals surface area contributed by atoms with Crippen molar-refractivity contribution in [3.8, 4) is 0 Å². The van der Waals surface area contributed by atoms with Crippen LogP contribution in [0.1, 0.15) is 19.3 Å². The van der Waals surface area contributed by atoms with Crippen molar-refractivity contribution in [2.75, 3.05) is 0 Å². The highest BCUT2D eigenvalue weighted by atomic mass is 32.2. The van der Waals surface area contributed by atoms with Crippen molar-refractivity contribution in [2.24, 2.45) is 11.5 Å². The third-order valence-corrected chi connectivity index (χ3v) is 2.91. The van der Waals surface area contributed by atoms with Crippen LogP contribution < -0.4 is 11.5 Å². The zero-order valence-electron chi connectivity index (χ0n) is 6.16. The minimum Gasteiger partial charge on any atom is -0.326 e. The highest BCUT2D eigenvalue weighted by Gasteiger charge is 2.24. The molecule has 2 unspecified atom stereocenters. The smallest absolute Gasteiger partial charge is 0.214 e. The maximum absolute atomic E-state index is 10.5. The monoisotopic (exact) mass is 176 g/mol. The third kappa shape index (κ3) is 1.79. The molecular formula is C6H12N2O2S.